The molecular formula is C18H20N2O4. The number of amides is 1. The van der Waals surface area contributed by atoms with Gasteiger partial charge in [-0.25, -0.2) is 0 Å². The van der Waals surface area contributed by atoms with Gasteiger partial charge in [-0.05, 0) is 12.1 Å². The molecule has 3 aliphatic heterocycles. The summed E-state index contributed by atoms with van der Waals surface area (Å²) in [7, 11) is 0. The molecule has 6 nitrogen and oxygen atoms in total. The quantitative estimate of drug-likeness (QED) is 0.838. The number of ether oxygens (including phenoxy) is 1. The van der Waals surface area contributed by atoms with Crippen molar-refractivity contribution in [2.75, 3.05) is 31.1 Å². The van der Waals surface area contributed by atoms with Gasteiger partial charge < -0.3 is 19.6 Å². The van der Waals surface area contributed by atoms with Crippen molar-refractivity contribution in [1.82, 2.24) is 4.90 Å². The number of benzene rings is 1. The number of hydrogen-bond acceptors (Lipinski definition) is 4. The van der Waals surface area contributed by atoms with Crippen molar-refractivity contribution in [3.8, 4) is 0 Å². The van der Waals surface area contributed by atoms with Gasteiger partial charge in [0.15, 0.2) is 0 Å². The largest absolute Gasteiger partial charge is 0.481 e. The molecule has 1 N–H and O–H groups in total. The number of carbonyl (C=O) groups is 2. The molecule has 1 aromatic carbocycles. The Morgan fingerprint density at radius 2 is 1.58 bits per heavy atom. The standard InChI is InChI=1S/C18H20N2O4/c21-17(15-13-6-7-14(24-13)16(15)18(22)23)20-10-8-19(9-11-20)12-4-2-1-3-5-12/h1-7,13-16H,8-11H2,(H,22,23)/t13-,14-,15+,16-/m1/s1. The highest BCUT2D eigenvalue weighted by atomic mass is 16.5. The molecule has 4 atom stereocenters. The summed E-state index contributed by atoms with van der Waals surface area (Å²) in [5.74, 6) is -2.40. The van der Waals surface area contributed by atoms with E-state index in [1.54, 1.807) is 11.0 Å². The molecule has 1 aromatic rings. The van der Waals surface area contributed by atoms with Crippen molar-refractivity contribution < 1.29 is 19.4 Å². The number of carboxylic acid groups (broad SMARTS) is 1. The lowest BCUT2D eigenvalue weighted by Gasteiger charge is -2.38. The lowest BCUT2D eigenvalue weighted by Crippen LogP contribution is -2.53. The van der Waals surface area contributed by atoms with Crippen molar-refractivity contribution in [3.63, 3.8) is 0 Å². The molecule has 6 heteroatoms. The molecule has 2 fully saturated rings. The average Bonchev–Trinajstić information content (AvgIpc) is 3.23. The third-order valence-corrected chi connectivity index (χ3v) is 5.18. The molecular weight excluding hydrogens is 308 g/mol. The van der Waals surface area contributed by atoms with E-state index in [9.17, 15) is 14.7 Å². The van der Waals surface area contributed by atoms with Crippen LogP contribution in [0.4, 0.5) is 5.69 Å². The Labute approximate surface area is 140 Å². The van der Waals surface area contributed by atoms with E-state index in [4.69, 9.17) is 4.74 Å². The number of fused-ring (bicyclic) bond motifs is 2. The highest BCUT2D eigenvalue weighted by Gasteiger charge is 2.54. The molecule has 4 rings (SSSR count). The lowest BCUT2D eigenvalue weighted by atomic mass is 9.82. The van der Waals surface area contributed by atoms with E-state index in [1.165, 1.54) is 0 Å². The Morgan fingerprint density at radius 1 is 0.958 bits per heavy atom. The predicted molar refractivity (Wildman–Crippen MR) is 87.7 cm³/mol. The second kappa shape index (κ2) is 5.94. The van der Waals surface area contributed by atoms with Crippen LogP contribution in [-0.4, -0.2) is 60.3 Å². The monoisotopic (exact) mass is 328 g/mol. The zero-order valence-electron chi connectivity index (χ0n) is 13.2. The van der Waals surface area contributed by atoms with Crippen LogP contribution in [0.3, 0.4) is 0 Å². The molecule has 24 heavy (non-hydrogen) atoms. The molecule has 0 aliphatic carbocycles. The Morgan fingerprint density at radius 3 is 2.21 bits per heavy atom. The van der Waals surface area contributed by atoms with Gasteiger partial charge in [0, 0.05) is 31.9 Å². The fourth-order valence-corrected chi connectivity index (χ4v) is 3.93. The molecule has 3 heterocycles. The van der Waals surface area contributed by atoms with E-state index in [0.29, 0.717) is 13.1 Å². The van der Waals surface area contributed by atoms with E-state index in [-0.39, 0.29) is 5.91 Å². The summed E-state index contributed by atoms with van der Waals surface area (Å²) >= 11 is 0. The fraction of sp³-hybridized carbons (Fsp3) is 0.444. The summed E-state index contributed by atoms with van der Waals surface area (Å²) in [5, 5.41) is 9.45. The molecule has 0 spiro atoms. The number of para-hydroxylation sites is 1. The van der Waals surface area contributed by atoms with Gasteiger partial charge in [0.2, 0.25) is 5.91 Å². The zero-order valence-corrected chi connectivity index (χ0v) is 13.2. The maximum absolute atomic E-state index is 12.9. The molecule has 2 bridgehead atoms. The van der Waals surface area contributed by atoms with E-state index >= 15 is 0 Å². The molecule has 0 radical (unpaired) electrons. The first kappa shape index (κ1) is 15.2. The zero-order chi connectivity index (χ0) is 16.7. The van der Waals surface area contributed by atoms with Crippen LogP contribution < -0.4 is 4.90 Å². The Kier molecular flexibility index (Phi) is 3.76. The van der Waals surface area contributed by atoms with Crippen LogP contribution in [0.5, 0.6) is 0 Å². The first-order valence-electron chi connectivity index (χ1n) is 8.30. The molecule has 3 aliphatic rings. The predicted octanol–water partition coefficient (Wildman–Crippen LogP) is 0.989. The summed E-state index contributed by atoms with van der Waals surface area (Å²) in [6, 6.07) is 10.1. The van der Waals surface area contributed by atoms with Crippen LogP contribution in [0, 0.1) is 11.8 Å². The fourth-order valence-electron chi connectivity index (χ4n) is 3.93. The summed E-state index contributed by atoms with van der Waals surface area (Å²) in [6.07, 6.45) is 2.73. The van der Waals surface area contributed by atoms with Gasteiger partial charge in [0.05, 0.1) is 18.1 Å². The van der Waals surface area contributed by atoms with Crippen LogP contribution in [0.2, 0.25) is 0 Å². The minimum Gasteiger partial charge on any atom is -0.481 e. The molecule has 0 unspecified atom stereocenters. The van der Waals surface area contributed by atoms with Crippen LogP contribution >= 0.6 is 0 Å². The van der Waals surface area contributed by atoms with E-state index in [1.807, 2.05) is 24.3 Å². The van der Waals surface area contributed by atoms with Gasteiger partial charge in [-0.1, -0.05) is 30.4 Å². The number of piperazine rings is 1. The van der Waals surface area contributed by atoms with E-state index in [0.717, 1.165) is 18.8 Å². The van der Waals surface area contributed by atoms with Gasteiger partial charge in [-0.15, -0.1) is 0 Å². The minimum absolute atomic E-state index is 0.0908. The van der Waals surface area contributed by atoms with Crippen LogP contribution in [0.1, 0.15) is 0 Å². The number of hydrogen-bond donors (Lipinski definition) is 1. The summed E-state index contributed by atoms with van der Waals surface area (Å²) in [6.45, 7) is 2.73. The number of carbonyl (C=O) groups excluding carboxylic acids is 1. The van der Waals surface area contributed by atoms with Crippen LogP contribution in [0.25, 0.3) is 0 Å². The third-order valence-electron chi connectivity index (χ3n) is 5.18. The average molecular weight is 328 g/mol. The number of rotatable bonds is 3. The number of nitrogens with zero attached hydrogens (tertiary/aromatic N) is 2. The SMILES string of the molecule is O=C(O)[C@H]1[C@@H](C(=O)N2CCN(c3ccccc3)CC2)[C@H]2C=C[C@H]1O2. The maximum Gasteiger partial charge on any atom is 0.310 e. The van der Waals surface area contributed by atoms with Crippen molar-refractivity contribution in [2.45, 2.75) is 12.2 Å². The molecule has 126 valence electrons. The van der Waals surface area contributed by atoms with Crippen molar-refractivity contribution in [1.29, 1.82) is 0 Å². The summed E-state index contributed by atoms with van der Waals surface area (Å²) < 4.78 is 5.61. The third kappa shape index (κ3) is 2.47. The molecule has 0 aromatic heterocycles. The highest BCUT2D eigenvalue weighted by Crippen LogP contribution is 2.40. The summed E-state index contributed by atoms with van der Waals surface area (Å²) in [4.78, 5) is 28.4. The van der Waals surface area contributed by atoms with Gasteiger partial charge in [-0.2, -0.15) is 0 Å². The molecule has 1 amide bonds. The number of carboxylic acids is 1. The van der Waals surface area contributed by atoms with Gasteiger partial charge in [0.25, 0.3) is 0 Å². The Hall–Kier alpha value is -2.34. The van der Waals surface area contributed by atoms with Crippen LogP contribution in [0.15, 0.2) is 42.5 Å². The molecule has 2 saturated heterocycles. The van der Waals surface area contributed by atoms with Crippen molar-refractivity contribution >= 4 is 17.6 Å². The topological polar surface area (TPSA) is 70.1 Å². The highest BCUT2D eigenvalue weighted by molar-refractivity contribution is 5.87. The van der Waals surface area contributed by atoms with Crippen LogP contribution in [-0.2, 0) is 14.3 Å². The van der Waals surface area contributed by atoms with Gasteiger partial charge in [-0.3, -0.25) is 9.59 Å². The van der Waals surface area contributed by atoms with Crippen molar-refractivity contribution in [3.05, 3.63) is 42.5 Å². The van der Waals surface area contributed by atoms with E-state index < -0.39 is 30.0 Å². The normalized spacial score (nSPS) is 31.5. The van der Waals surface area contributed by atoms with Gasteiger partial charge in [0.1, 0.15) is 5.92 Å². The second-order valence-electron chi connectivity index (χ2n) is 6.49. The number of aliphatic carboxylic acids is 1. The molecule has 0 saturated carbocycles. The van der Waals surface area contributed by atoms with Gasteiger partial charge >= 0.3 is 5.97 Å². The Bertz CT molecular complexity index is 667. The lowest BCUT2D eigenvalue weighted by molar-refractivity contribution is -0.149. The van der Waals surface area contributed by atoms with Crippen molar-refractivity contribution in [2.24, 2.45) is 11.8 Å². The van der Waals surface area contributed by atoms with E-state index in [2.05, 4.69) is 17.0 Å². The Balaban J connectivity index is 1.43. The number of anilines is 1. The maximum atomic E-state index is 12.9. The minimum atomic E-state index is -0.951. The first-order valence-corrected chi connectivity index (χ1v) is 8.30. The summed E-state index contributed by atoms with van der Waals surface area (Å²) in [5.41, 5.74) is 1.15. The first-order chi connectivity index (χ1) is 11.6. The smallest absolute Gasteiger partial charge is 0.310 e. The second-order valence-corrected chi connectivity index (χ2v) is 6.49.